The lowest BCUT2D eigenvalue weighted by molar-refractivity contribution is -0.121. The van der Waals surface area contributed by atoms with Crippen LogP contribution in [0.1, 0.15) is 26.2 Å². The van der Waals surface area contributed by atoms with Gasteiger partial charge in [0.1, 0.15) is 21.5 Å². The highest BCUT2D eigenvalue weighted by Crippen LogP contribution is 2.37. The van der Waals surface area contributed by atoms with Gasteiger partial charge < -0.3 is 9.64 Å². The molecule has 2 aromatic heterocycles. The minimum absolute atomic E-state index is 0.155. The molecule has 0 spiro atoms. The van der Waals surface area contributed by atoms with Gasteiger partial charge in [-0.05, 0) is 71.1 Å². The zero-order chi connectivity index (χ0) is 25.2. The summed E-state index contributed by atoms with van der Waals surface area (Å²) in [6.45, 7) is 3.96. The molecule has 12 heteroatoms. The third-order valence-corrected chi connectivity index (χ3v) is 10.4. The van der Waals surface area contributed by atoms with Crippen molar-refractivity contribution in [2.75, 3.05) is 45.2 Å². The SMILES string of the molecule is CCOc1cccc2sc(N(CCCN(C)C)C(=O)C3CCCN3S(=O)(=O)c3ccc(Cl)s3)nc12. The third-order valence-electron chi connectivity index (χ3n) is 5.75. The highest BCUT2D eigenvalue weighted by Gasteiger charge is 2.42. The number of nitrogens with zero attached hydrogens (tertiary/aromatic N) is 4. The van der Waals surface area contributed by atoms with Crippen LogP contribution in [0.3, 0.4) is 0 Å². The lowest BCUT2D eigenvalue weighted by Crippen LogP contribution is -2.48. The molecule has 1 aromatic carbocycles. The fraction of sp³-hybridized carbons (Fsp3) is 0.478. The van der Waals surface area contributed by atoms with E-state index in [-0.39, 0.29) is 10.1 Å². The van der Waals surface area contributed by atoms with Crippen molar-refractivity contribution in [3.05, 3.63) is 34.7 Å². The van der Waals surface area contributed by atoms with Gasteiger partial charge >= 0.3 is 0 Å². The number of hydrogen-bond donors (Lipinski definition) is 0. The number of sulfonamides is 1. The second-order valence-corrected chi connectivity index (χ2v) is 13.4. The molecular weight excluding hydrogens is 528 g/mol. The molecule has 0 aliphatic carbocycles. The van der Waals surface area contributed by atoms with E-state index in [0.717, 1.165) is 29.0 Å². The Morgan fingerprint density at radius 1 is 1.23 bits per heavy atom. The number of thiophene rings is 1. The van der Waals surface area contributed by atoms with Gasteiger partial charge in [-0.15, -0.1) is 11.3 Å². The predicted molar refractivity (Wildman–Crippen MR) is 143 cm³/mol. The first-order chi connectivity index (χ1) is 16.7. The Labute approximate surface area is 219 Å². The van der Waals surface area contributed by atoms with Crippen molar-refractivity contribution in [3.8, 4) is 5.75 Å². The Morgan fingerprint density at radius 3 is 2.71 bits per heavy atom. The standard InChI is InChI=1S/C23H29ClN4O4S3/c1-4-32-17-9-5-10-18-21(17)25-23(33-18)27(14-7-13-26(2)3)22(29)16-8-6-15-28(16)35(30,31)20-12-11-19(24)34-20/h5,9-12,16H,4,6-8,13-15H2,1-3H3. The number of rotatable bonds is 10. The molecule has 0 radical (unpaired) electrons. The minimum Gasteiger partial charge on any atom is -0.492 e. The van der Waals surface area contributed by atoms with Gasteiger partial charge in [0.25, 0.3) is 10.0 Å². The minimum atomic E-state index is -3.83. The molecule has 0 saturated carbocycles. The van der Waals surface area contributed by atoms with Crippen LogP contribution in [0.15, 0.2) is 34.5 Å². The number of fused-ring (bicyclic) bond motifs is 1. The lowest BCUT2D eigenvalue weighted by Gasteiger charge is -2.28. The van der Waals surface area contributed by atoms with Crippen LogP contribution in [0.2, 0.25) is 4.34 Å². The summed E-state index contributed by atoms with van der Waals surface area (Å²) in [5, 5.41) is 0.555. The number of hydrogen-bond acceptors (Lipinski definition) is 8. The molecule has 190 valence electrons. The van der Waals surface area contributed by atoms with Crippen LogP contribution in [0.5, 0.6) is 5.75 Å². The average Bonchev–Trinajstić information content (AvgIpc) is 3.56. The summed E-state index contributed by atoms with van der Waals surface area (Å²) in [5.74, 6) is 0.428. The number of ether oxygens (including phenoxy) is 1. The van der Waals surface area contributed by atoms with Crippen LogP contribution in [-0.2, 0) is 14.8 Å². The van der Waals surface area contributed by atoms with Gasteiger partial charge in [-0.2, -0.15) is 4.31 Å². The van der Waals surface area contributed by atoms with E-state index in [1.807, 2.05) is 39.2 Å². The van der Waals surface area contributed by atoms with Gasteiger partial charge in [0.2, 0.25) is 5.91 Å². The number of carbonyl (C=O) groups excluding carboxylic acids is 1. The fourth-order valence-corrected chi connectivity index (χ4v) is 8.43. The van der Waals surface area contributed by atoms with Crippen molar-refractivity contribution in [3.63, 3.8) is 0 Å². The topological polar surface area (TPSA) is 83.0 Å². The summed E-state index contributed by atoms with van der Waals surface area (Å²) >= 11 is 8.42. The number of thiazole rings is 1. The average molecular weight is 557 g/mol. The van der Waals surface area contributed by atoms with Gasteiger partial charge in [-0.3, -0.25) is 9.69 Å². The van der Waals surface area contributed by atoms with Crippen LogP contribution in [-0.4, -0.2) is 74.9 Å². The van der Waals surface area contributed by atoms with Gasteiger partial charge in [0.05, 0.1) is 15.6 Å². The monoisotopic (exact) mass is 556 g/mol. The maximum atomic E-state index is 13.9. The quantitative estimate of drug-likeness (QED) is 0.364. The molecule has 1 aliphatic rings. The zero-order valence-corrected chi connectivity index (χ0v) is 23.1. The number of carbonyl (C=O) groups is 1. The van der Waals surface area contributed by atoms with E-state index in [9.17, 15) is 13.2 Å². The molecular formula is C23H29ClN4O4S3. The summed E-state index contributed by atoms with van der Waals surface area (Å²) in [6, 6.07) is 8.01. The summed E-state index contributed by atoms with van der Waals surface area (Å²) in [7, 11) is 0.138. The molecule has 1 aliphatic heterocycles. The molecule has 3 aromatic rings. The van der Waals surface area contributed by atoms with E-state index in [1.54, 1.807) is 11.0 Å². The van der Waals surface area contributed by atoms with Gasteiger partial charge in [-0.1, -0.05) is 29.0 Å². The van der Waals surface area contributed by atoms with Crippen LogP contribution in [0.25, 0.3) is 10.2 Å². The third kappa shape index (κ3) is 5.65. The van der Waals surface area contributed by atoms with Gasteiger partial charge in [-0.25, -0.2) is 13.4 Å². The predicted octanol–water partition coefficient (Wildman–Crippen LogP) is 4.55. The maximum Gasteiger partial charge on any atom is 0.253 e. The molecule has 0 N–H and O–H groups in total. The smallest absolute Gasteiger partial charge is 0.253 e. The Hall–Kier alpha value is -1.76. The van der Waals surface area contributed by atoms with Gasteiger partial charge in [0.15, 0.2) is 5.13 Å². The summed E-state index contributed by atoms with van der Waals surface area (Å²) < 4.78 is 35.2. The van der Waals surface area contributed by atoms with Crippen LogP contribution < -0.4 is 9.64 Å². The molecule has 3 heterocycles. The first-order valence-corrected chi connectivity index (χ1v) is 14.9. The van der Waals surface area contributed by atoms with Crippen LogP contribution >= 0.6 is 34.3 Å². The van der Waals surface area contributed by atoms with E-state index in [4.69, 9.17) is 21.3 Å². The second-order valence-electron chi connectivity index (χ2n) is 8.51. The number of halogens is 1. The van der Waals surface area contributed by atoms with E-state index < -0.39 is 16.1 Å². The number of amides is 1. The van der Waals surface area contributed by atoms with Crippen LogP contribution in [0.4, 0.5) is 5.13 Å². The van der Waals surface area contributed by atoms with E-state index in [2.05, 4.69) is 4.90 Å². The molecule has 35 heavy (non-hydrogen) atoms. The van der Waals surface area contributed by atoms with Gasteiger partial charge in [0, 0.05) is 13.1 Å². The first-order valence-electron chi connectivity index (χ1n) is 11.5. The van der Waals surface area contributed by atoms with E-state index >= 15 is 0 Å². The molecule has 8 nitrogen and oxygen atoms in total. The highest BCUT2D eigenvalue weighted by atomic mass is 35.5. The Bertz CT molecular complexity index is 1290. The molecule has 4 rings (SSSR count). The van der Waals surface area contributed by atoms with Crippen molar-refractivity contribution >= 4 is 65.6 Å². The van der Waals surface area contributed by atoms with Crippen molar-refractivity contribution in [1.29, 1.82) is 0 Å². The Morgan fingerprint density at radius 2 is 2.03 bits per heavy atom. The summed E-state index contributed by atoms with van der Waals surface area (Å²) in [5.41, 5.74) is 0.712. The largest absolute Gasteiger partial charge is 0.492 e. The van der Waals surface area contributed by atoms with Crippen molar-refractivity contribution < 1.29 is 17.9 Å². The van der Waals surface area contributed by atoms with E-state index in [0.29, 0.717) is 53.3 Å². The van der Waals surface area contributed by atoms with Crippen LogP contribution in [0, 0.1) is 0 Å². The lowest BCUT2D eigenvalue weighted by atomic mass is 10.2. The Balaban J connectivity index is 1.67. The number of benzene rings is 1. The summed E-state index contributed by atoms with van der Waals surface area (Å²) in [4.78, 5) is 22.4. The second kappa shape index (κ2) is 11.1. The van der Waals surface area contributed by atoms with Crippen molar-refractivity contribution in [2.24, 2.45) is 0 Å². The number of anilines is 1. The zero-order valence-electron chi connectivity index (χ0n) is 19.9. The Kier molecular flexibility index (Phi) is 8.34. The van der Waals surface area contributed by atoms with Crippen molar-refractivity contribution in [2.45, 2.75) is 36.4 Å². The summed E-state index contributed by atoms with van der Waals surface area (Å²) in [6.07, 6.45) is 1.82. The molecule has 1 amide bonds. The molecule has 0 bridgehead atoms. The molecule has 1 saturated heterocycles. The maximum absolute atomic E-state index is 13.9. The van der Waals surface area contributed by atoms with Crippen molar-refractivity contribution in [1.82, 2.24) is 14.2 Å². The van der Waals surface area contributed by atoms with E-state index in [1.165, 1.54) is 21.7 Å². The number of para-hydroxylation sites is 1. The fourth-order valence-electron chi connectivity index (χ4n) is 4.15. The number of aromatic nitrogens is 1. The highest BCUT2D eigenvalue weighted by molar-refractivity contribution is 7.91. The molecule has 1 fully saturated rings. The molecule has 1 unspecified atom stereocenters. The normalized spacial score (nSPS) is 16.9. The molecule has 1 atom stereocenters. The first kappa shape index (κ1) is 26.3.